The molecular formula is C12H15BrN6. The van der Waals surface area contributed by atoms with E-state index in [0.29, 0.717) is 17.7 Å². The molecule has 1 saturated heterocycles. The molecule has 0 radical (unpaired) electrons. The second-order valence-corrected chi connectivity index (χ2v) is 5.48. The molecule has 0 spiro atoms. The molecule has 100 valence electrons. The van der Waals surface area contributed by atoms with Gasteiger partial charge in [0.1, 0.15) is 0 Å². The van der Waals surface area contributed by atoms with Crippen LogP contribution in [-0.4, -0.2) is 32.8 Å². The number of nitrogens with zero attached hydrogens (tertiary/aromatic N) is 5. The molecule has 1 aliphatic heterocycles. The second-order valence-electron chi connectivity index (χ2n) is 4.56. The van der Waals surface area contributed by atoms with E-state index >= 15 is 0 Å². The summed E-state index contributed by atoms with van der Waals surface area (Å²) < 4.78 is 2.50. The van der Waals surface area contributed by atoms with Crippen LogP contribution < -0.4 is 10.6 Å². The van der Waals surface area contributed by atoms with E-state index in [-0.39, 0.29) is 0 Å². The molecule has 0 bridgehead atoms. The first-order chi connectivity index (χ1) is 9.24. The van der Waals surface area contributed by atoms with Crippen molar-refractivity contribution in [2.24, 2.45) is 0 Å². The number of piperidine rings is 1. The Morgan fingerprint density at radius 3 is 2.63 bits per heavy atom. The molecule has 0 aliphatic carbocycles. The lowest BCUT2D eigenvalue weighted by Crippen LogP contribution is -2.30. The summed E-state index contributed by atoms with van der Waals surface area (Å²) in [4.78, 5) is 10.8. The van der Waals surface area contributed by atoms with Crippen molar-refractivity contribution in [1.82, 2.24) is 19.7 Å². The van der Waals surface area contributed by atoms with Crippen LogP contribution in [0.1, 0.15) is 19.3 Å². The molecule has 0 aromatic carbocycles. The van der Waals surface area contributed by atoms with E-state index in [1.807, 2.05) is 12.1 Å². The van der Waals surface area contributed by atoms with Gasteiger partial charge < -0.3 is 10.6 Å². The molecule has 6 nitrogen and oxygen atoms in total. The minimum absolute atomic E-state index is 0.371. The topological polar surface area (TPSA) is 72.9 Å². The van der Waals surface area contributed by atoms with Crippen molar-refractivity contribution in [3.63, 3.8) is 0 Å². The molecule has 0 atom stereocenters. The number of anilines is 2. The van der Waals surface area contributed by atoms with Gasteiger partial charge in [-0.25, -0.2) is 4.98 Å². The van der Waals surface area contributed by atoms with Gasteiger partial charge >= 0.3 is 0 Å². The van der Waals surface area contributed by atoms with Crippen molar-refractivity contribution in [2.45, 2.75) is 19.3 Å². The normalized spacial score (nSPS) is 15.7. The third-order valence-corrected chi connectivity index (χ3v) is 3.66. The van der Waals surface area contributed by atoms with Gasteiger partial charge in [0, 0.05) is 23.8 Å². The van der Waals surface area contributed by atoms with E-state index in [4.69, 9.17) is 5.73 Å². The smallest absolute Gasteiger partial charge is 0.247 e. The highest BCUT2D eigenvalue weighted by Gasteiger charge is 2.17. The molecule has 0 amide bonds. The number of aromatic nitrogens is 4. The first-order valence-electron chi connectivity index (χ1n) is 6.33. The summed E-state index contributed by atoms with van der Waals surface area (Å²) in [6, 6.07) is 3.76. The maximum Gasteiger partial charge on any atom is 0.247 e. The fourth-order valence-electron chi connectivity index (χ4n) is 2.20. The largest absolute Gasteiger partial charge is 0.368 e. The van der Waals surface area contributed by atoms with Crippen LogP contribution >= 0.6 is 15.9 Å². The number of nitrogens with two attached hydrogens (primary N) is 1. The highest BCUT2D eigenvalue weighted by molar-refractivity contribution is 9.10. The monoisotopic (exact) mass is 322 g/mol. The summed E-state index contributed by atoms with van der Waals surface area (Å²) in [5, 5.41) is 4.46. The maximum atomic E-state index is 5.93. The molecular weight excluding hydrogens is 308 g/mol. The zero-order valence-corrected chi connectivity index (χ0v) is 12.0. The first kappa shape index (κ1) is 12.4. The molecule has 7 heteroatoms. The van der Waals surface area contributed by atoms with Crippen LogP contribution in [0.3, 0.4) is 0 Å². The summed E-state index contributed by atoms with van der Waals surface area (Å²) in [6.45, 7) is 1.99. The average molecular weight is 323 g/mol. The van der Waals surface area contributed by atoms with Gasteiger partial charge in [0.15, 0.2) is 5.82 Å². The van der Waals surface area contributed by atoms with Gasteiger partial charge in [-0.3, -0.25) is 0 Å². The van der Waals surface area contributed by atoms with E-state index < -0.39 is 0 Å². The van der Waals surface area contributed by atoms with Gasteiger partial charge in [0.25, 0.3) is 0 Å². The van der Waals surface area contributed by atoms with Crippen LogP contribution in [0.15, 0.2) is 22.8 Å². The van der Waals surface area contributed by atoms with Gasteiger partial charge in [0.05, 0.1) is 0 Å². The zero-order valence-electron chi connectivity index (χ0n) is 10.5. The quantitative estimate of drug-likeness (QED) is 0.915. The summed E-state index contributed by atoms with van der Waals surface area (Å²) in [5.74, 6) is 1.74. The standard InChI is InChI=1S/C12H15BrN6/c13-9-4-5-10(15-8-9)19-11(14)16-12(17-19)18-6-2-1-3-7-18/h4-5,8H,1-3,6-7H2,(H2,14,16,17). The van der Waals surface area contributed by atoms with Gasteiger partial charge in [0.2, 0.25) is 11.9 Å². The van der Waals surface area contributed by atoms with E-state index in [2.05, 4.69) is 35.9 Å². The predicted octanol–water partition coefficient (Wildman–Crippen LogP) is 2.00. The number of pyridine rings is 1. The Morgan fingerprint density at radius 2 is 1.95 bits per heavy atom. The van der Waals surface area contributed by atoms with Gasteiger partial charge in [-0.2, -0.15) is 9.67 Å². The molecule has 0 saturated carbocycles. The van der Waals surface area contributed by atoms with Gasteiger partial charge in [-0.15, -0.1) is 5.10 Å². The molecule has 0 unspecified atom stereocenters. The Morgan fingerprint density at radius 1 is 1.16 bits per heavy atom. The van der Waals surface area contributed by atoms with Crippen molar-refractivity contribution >= 4 is 27.8 Å². The number of hydrogen-bond acceptors (Lipinski definition) is 5. The number of hydrogen-bond donors (Lipinski definition) is 1. The third-order valence-electron chi connectivity index (χ3n) is 3.19. The minimum Gasteiger partial charge on any atom is -0.368 e. The van der Waals surface area contributed by atoms with E-state index in [0.717, 1.165) is 17.6 Å². The fourth-order valence-corrected chi connectivity index (χ4v) is 2.44. The highest BCUT2D eigenvalue weighted by Crippen LogP contribution is 2.19. The van der Waals surface area contributed by atoms with Crippen LogP contribution in [0, 0.1) is 0 Å². The Hall–Kier alpha value is -1.63. The molecule has 1 fully saturated rings. The number of halogens is 1. The minimum atomic E-state index is 0.371. The van der Waals surface area contributed by atoms with Crippen molar-refractivity contribution in [3.8, 4) is 5.82 Å². The van der Waals surface area contributed by atoms with Gasteiger partial charge in [-0.05, 0) is 47.3 Å². The van der Waals surface area contributed by atoms with Crippen LogP contribution in [0.4, 0.5) is 11.9 Å². The lowest BCUT2D eigenvalue weighted by molar-refractivity contribution is 0.567. The zero-order chi connectivity index (χ0) is 13.2. The SMILES string of the molecule is Nc1nc(N2CCCCC2)nn1-c1ccc(Br)cn1. The van der Waals surface area contributed by atoms with Crippen LogP contribution in [-0.2, 0) is 0 Å². The first-order valence-corrected chi connectivity index (χ1v) is 7.13. The number of nitrogen functional groups attached to an aromatic ring is 1. The highest BCUT2D eigenvalue weighted by atomic mass is 79.9. The Labute approximate surface area is 119 Å². The molecule has 2 aromatic heterocycles. The third kappa shape index (κ3) is 2.56. The Balaban J connectivity index is 1.90. The maximum absolute atomic E-state index is 5.93. The van der Waals surface area contributed by atoms with Crippen molar-refractivity contribution in [1.29, 1.82) is 0 Å². The van der Waals surface area contributed by atoms with E-state index in [1.54, 1.807) is 10.9 Å². The Bertz CT molecular complexity index is 558. The van der Waals surface area contributed by atoms with Crippen molar-refractivity contribution in [3.05, 3.63) is 22.8 Å². The lowest BCUT2D eigenvalue weighted by atomic mass is 10.1. The van der Waals surface area contributed by atoms with Crippen molar-refractivity contribution < 1.29 is 0 Å². The van der Waals surface area contributed by atoms with Crippen molar-refractivity contribution in [2.75, 3.05) is 23.7 Å². The molecule has 2 aromatic rings. The Kier molecular flexibility index (Phi) is 3.37. The lowest BCUT2D eigenvalue weighted by Gasteiger charge is -2.24. The predicted molar refractivity (Wildman–Crippen MR) is 77.3 cm³/mol. The second kappa shape index (κ2) is 5.16. The summed E-state index contributed by atoms with van der Waals surface area (Å²) in [6.07, 6.45) is 5.37. The van der Waals surface area contributed by atoms with Gasteiger partial charge in [-0.1, -0.05) is 0 Å². The summed E-state index contributed by atoms with van der Waals surface area (Å²) in [7, 11) is 0. The molecule has 2 N–H and O–H groups in total. The summed E-state index contributed by atoms with van der Waals surface area (Å²) in [5.41, 5.74) is 5.93. The van der Waals surface area contributed by atoms with Crippen LogP contribution in [0.25, 0.3) is 5.82 Å². The fraction of sp³-hybridized carbons (Fsp3) is 0.417. The van der Waals surface area contributed by atoms with E-state index in [1.165, 1.54) is 19.3 Å². The van der Waals surface area contributed by atoms with E-state index in [9.17, 15) is 0 Å². The molecule has 3 heterocycles. The molecule has 1 aliphatic rings. The molecule has 19 heavy (non-hydrogen) atoms. The van der Waals surface area contributed by atoms with Crippen LogP contribution in [0.5, 0.6) is 0 Å². The number of rotatable bonds is 2. The average Bonchev–Trinajstić information content (AvgIpc) is 2.83. The molecule has 3 rings (SSSR count). The van der Waals surface area contributed by atoms with Crippen LogP contribution in [0.2, 0.25) is 0 Å². The summed E-state index contributed by atoms with van der Waals surface area (Å²) >= 11 is 3.36.